The normalized spacial score (nSPS) is 46.9. The average Bonchev–Trinajstić information content (AvgIpc) is 0.671. The molecule has 13 rings (SSSR count). The molecular formula is C73H104O29. The zero-order valence-corrected chi connectivity index (χ0v) is 58.8. The number of esters is 1. The number of hydrogen-bond donors (Lipinski definition) is 16. The lowest BCUT2D eigenvalue weighted by Crippen LogP contribution is -2.68. The fourth-order valence-corrected chi connectivity index (χ4v) is 19.5. The van der Waals surface area contributed by atoms with E-state index in [1.165, 1.54) is 19.1 Å². The van der Waals surface area contributed by atoms with E-state index in [2.05, 4.69) is 54.5 Å². The lowest BCUT2D eigenvalue weighted by Gasteiger charge is -2.71. The van der Waals surface area contributed by atoms with Gasteiger partial charge in [-0.3, -0.25) is 9.59 Å². The highest BCUT2D eigenvalue weighted by atomic mass is 16.8. The molecule has 5 aliphatic heterocycles. The van der Waals surface area contributed by atoms with E-state index < -0.39 is 195 Å². The Balaban J connectivity index is 0.000000443. The molecule has 1 aromatic heterocycles. The number of rotatable bonds is 12. The van der Waals surface area contributed by atoms with Crippen LogP contribution in [0.15, 0.2) is 69.4 Å². The Labute approximate surface area is 590 Å². The number of ether oxygens (including phenoxy) is 10. The van der Waals surface area contributed by atoms with E-state index >= 15 is 4.79 Å². The maximum Gasteiger partial charge on any atom is 0.317 e. The average molecular weight is 1450 g/mol. The fraction of sp³-hybridized carbons (Fsp3) is 0.753. The summed E-state index contributed by atoms with van der Waals surface area (Å²) in [5.41, 5.74) is -1.72. The van der Waals surface area contributed by atoms with Crippen molar-refractivity contribution in [3.8, 4) is 22.8 Å². The Bertz CT molecular complexity index is 3540. The highest BCUT2D eigenvalue weighted by Crippen LogP contribution is 2.76. The second-order valence-electron chi connectivity index (χ2n) is 32.4. The van der Waals surface area contributed by atoms with Gasteiger partial charge in [-0.25, -0.2) is 0 Å². The molecular weight excluding hydrogens is 1340 g/mol. The van der Waals surface area contributed by atoms with Crippen molar-refractivity contribution in [3.05, 3.63) is 70.4 Å². The Morgan fingerprint density at radius 1 is 0.578 bits per heavy atom. The molecule has 32 atom stereocenters. The number of phenolic OH excluding ortho intramolecular Hbond substituents is 2. The molecule has 102 heavy (non-hydrogen) atoms. The summed E-state index contributed by atoms with van der Waals surface area (Å²) in [5.74, 6) is -1.05. The van der Waals surface area contributed by atoms with Gasteiger partial charge in [-0.1, -0.05) is 90.4 Å². The minimum atomic E-state index is -1.93. The second-order valence-corrected chi connectivity index (χ2v) is 32.4. The van der Waals surface area contributed by atoms with E-state index in [4.69, 9.17) is 51.8 Å². The molecule has 0 spiro atoms. The van der Waals surface area contributed by atoms with Crippen molar-refractivity contribution in [1.29, 1.82) is 0 Å². The zero-order chi connectivity index (χ0) is 74.0. The molecule has 5 aliphatic carbocycles. The molecule has 6 heterocycles. The predicted molar refractivity (Wildman–Crippen MR) is 353 cm³/mol. The maximum absolute atomic E-state index is 15.4. The molecule has 29 nitrogen and oxygen atoms in total. The first kappa shape index (κ1) is 77.2. The van der Waals surface area contributed by atoms with Gasteiger partial charge in [-0.15, -0.1) is 0 Å². The Kier molecular flexibility index (Phi) is 21.9. The third-order valence-corrected chi connectivity index (χ3v) is 25.5. The number of aromatic hydroxyl groups is 2. The van der Waals surface area contributed by atoms with Crippen molar-refractivity contribution in [2.24, 2.45) is 50.2 Å². The van der Waals surface area contributed by atoms with Crippen LogP contribution < -0.4 is 5.43 Å². The molecule has 3 aromatic rings. The van der Waals surface area contributed by atoms with E-state index in [1.54, 1.807) is 6.92 Å². The van der Waals surface area contributed by atoms with Crippen molar-refractivity contribution < 1.29 is 138 Å². The Morgan fingerprint density at radius 2 is 1.16 bits per heavy atom. The van der Waals surface area contributed by atoms with Crippen LogP contribution in [0.2, 0.25) is 0 Å². The molecule has 5 saturated heterocycles. The SMILES string of the molecule is CC1OC(OC2CCC3(C)C(CCC4(C)C3CC=C3C5CC(C)(C)CCC5(C(=O)OC5OCC(O)C(O)C5OC5OC(C)C(OC6OC(CO)C(O)C(O)C6O)C(O)C5O)C(O)CC34C)C2(C)C)C(O)C(O)C1OC1OCC(O)C(O)C1O.O=c1cc(-c2ccccc2)oc2cc(O)cc(O)c12. The number of allylic oxidation sites excluding steroid dienone is 2. The first-order chi connectivity index (χ1) is 47.9. The summed E-state index contributed by atoms with van der Waals surface area (Å²) in [7, 11) is 0. The van der Waals surface area contributed by atoms with Crippen LogP contribution in [0.1, 0.15) is 120 Å². The lowest BCUT2D eigenvalue weighted by atomic mass is 9.33. The predicted octanol–water partition coefficient (Wildman–Crippen LogP) is 0.964. The van der Waals surface area contributed by atoms with Gasteiger partial charge in [0, 0.05) is 23.8 Å². The van der Waals surface area contributed by atoms with Crippen molar-refractivity contribution >= 4 is 16.9 Å². The number of aliphatic hydroxyl groups is 14. The van der Waals surface area contributed by atoms with E-state index in [9.17, 15) is 86.5 Å². The highest BCUT2D eigenvalue weighted by molar-refractivity contribution is 5.86. The Hall–Kier alpha value is -4.46. The zero-order valence-electron chi connectivity index (χ0n) is 58.8. The smallest absolute Gasteiger partial charge is 0.317 e. The fourth-order valence-electron chi connectivity index (χ4n) is 19.5. The topological polar surface area (TPSA) is 463 Å². The van der Waals surface area contributed by atoms with Crippen LogP contribution in [0, 0.1) is 50.2 Å². The van der Waals surface area contributed by atoms with E-state index in [1.807, 2.05) is 30.3 Å². The number of aliphatic hydroxyl groups excluding tert-OH is 14. The van der Waals surface area contributed by atoms with Crippen molar-refractivity contribution in [3.63, 3.8) is 0 Å². The summed E-state index contributed by atoms with van der Waals surface area (Å²) in [6.45, 7) is 17.2. The van der Waals surface area contributed by atoms with Gasteiger partial charge >= 0.3 is 5.97 Å². The van der Waals surface area contributed by atoms with Gasteiger partial charge in [0.25, 0.3) is 0 Å². The molecule has 570 valence electrons. The van der Waals surface area contributed by atoms with Gasteiger partial charge in [-0.2, -0.15) is 0 Å². The summed E-state index contributed by atoms with van der Waals surface area (Å²) in [6, 6.07) is 12.9. The van der Waals surface area contributed by atoms with Crippen LogP contribution in [-0.4, -0.2) is 261 Å². The minimum absolute atomic E-state index is 0.0671. The molecule has 29 heteroatoms. The summed E-state index contributed by atoms with van der Waals surface area (Å²) in [6.07, 6.45) is -29.2. The van der Waals surface area contributed by atoms with Crippen molar-refractivity contribution in [1.82, 2.24) is 0 Å². The quantitative estimate of drug-likeness (QED) is 0.0682. The molecule has 32 unspecified atom stereocenters. The van der Waals surface area contributed by atoms with E-state index in [0.717, 1.165) is 36.5 Å². The molecule has 16 N–H and O–H groups in total. The van der Waals surface area contributed by atoms with Crippen LogP contribution >= 0.6 is 0 Å². The standard InChI is InChI=1S/C58H94O25.C15H10O4/c1-23-44(80-47-40(69)34(63)27(60)21-74-47)38(67)42(71)48(76-23)79-33-13-14-55(7)30(54(33,5)6)12-15-56(8)31(55)11-10-25-26-18-53(3,4)16-17-58(26,32(62)19-57(25,56)9)52(73)83-51-46(35(64)28(61)22-75-51)82-49-43(72)39(68)45(24(2)77-49)81-50-41(70)37(66)36(65)29(20-59)78-50;16-10-6-11(17)15-12(18)8-13(19-14(15)7-10)9-4-2-1-3-5-9/h10,23-24,26-51,59-72H,11-22H2,1-9H3;1-8,16-17H. The number of fused-ring (bicyclic) bond motifs is 8. The van der Waals surface area contributed by atoms with Crippen LogP contribution in [0.3, 0.4) is 0 Å². The maximum atomic E-state index is 15.4. The minimum Gasteiger partial charge on any atom is -0.508 e. The van der Waals surface area contributed by atoms with E-state index in [0.29, 0.717) is 31.4 Å². The summed E-state index contributed by atoms with van der Waals surface area (Å²) < 4.78 is 65.2. The number of benzene rings is 2. The van der Waals surface area contributed by atoms with Crippen molar-refractivity contribution in [2.45, 2.75) is 274 Å². The van der Waals surface area contributed by atoms with Crippen LogP contribution in [0.5, 0.6) is 11.5 Å². The number of hydrogen-bond acceptors (Lipinski definition) is 29. The lowest BCUT2D eigenvalue weighted by molar-refractivity contribution is -0.374. The molecule has 2 aromatic carbocycles. The summed E-state index contributed by atoms with van der Waals surface area (Å²) >= 11 is 0. The largest absolute Gasteiger partial charge is 0.508 e. The second kappa shape index (κ2) is 28.9. The molecule has 0 amide bonds. The van der Waals surface area contributed by atoms with Crippen LogP contribution in [0.4, 0.5) is 0 Å². The highest BCUT2D eigenvalue weighted by Gasteiger charge is 2.72. The van der Waals surface area contributed by atoms with Gasteiger partial charge in [-0.05, 0) is 116 Å². The van der Waals surface area contributed by atoms with Gasteiger partial charge in [0.05, 0.1) is 44.2 Å². The first-order valence-corrected chi connectivity index (χ1v) is 35.7. The first-order valence-electron chi connectivity index (χ1n) is 35.7. The number of phenols is 2. The molecule has 10 aliphatic rings. The Morgan fingerprint density at radius 3 is 1.80 bits per heavy atom. The van der Waals surface area contributed by atoms with Gasteiger partial charge in [0.1, 0.15) is 125 Å². The molecule has 0 radical (unpaired) electrons. The van der Waals surface area contributed by atoms with Crippen molar-refractivity contribution in [2.75, 3.05) is 19.8 Å². The monoisotopic (exact) mass is 1440 g/mol. The molecule has 9 fully saturated rings. The summed E-state index contributed by atoms with van der Waals surface area (Å²) in [5, 5.41) is 172. The van der Waals surface area contributed by atoms with Crippen LogP contribution in [-0.2, 0) is 52.2 Å². The number of carbonyl (C=O) groups excluding carboxylic acids is 1. The van der Waals surface area contributed by atoms with Crippen LogP contribution in [0.25, 0.3) is 22.3 Å². The van der Waals surface area contributed by atoms with Gasteiger partial charge in [0.2, 0.25) is 6.29 Å². The third-order valence-electron chi connectivity index (χ3n) is 25.5. The molecule has 0 bridgehead atoms. The van der Waals surface area contributed by atoms with Gasteiger partial charge in [0.15, 0.2) is 36.7 Å². The third kappa shape index (κ3) is 13.4. The van der Waals surface area contributed by atoms with E-state index in [-0.39, 0.29) is 75.4 Å². The van der Waals surface area contributed by atoms with Gasteiger partial charge < -0.3 is 133 Å². The number of carbonyl (C=O) groups is 1. The summed E-state index contributed by atoms with van der Waals surface area (Å²) in [4.78, 5) is 27.4. The molecule has 4 saturated carbocycles.